The topological polar surface area (TPSA) is 47.9 Å². The first-order valence-electron chi connectivity index (χ1n) is 9.30. The molecule has 0 spiro atoms. The SMILES string of the molecule is CCC(CCNC(=NC)N1CC(C)CC(C)C1)N1CCCC1=O. The van der Waals surface area contributed by atoms with Gasteiger partial charge in [-0.15, -0.1) is 0 Å². The summed E-state index contributed by atoms with van der Waals surface area (Å²) in [6, 6.07) is 0.370. The van der Waals surface area contributed by atoms with Crippen LogP contribution in [-0.4, -0.2) is 60.9 Å². The number of aliphatic imine (C=N–C) groups is 1. The van der Waals surface area contributed by atoms with Crippen molar-refractivity contribution >= 4 is 11.9 Å². The molecule has 0 radical (unpaired) electrons. The van der Waals surface area contributed by atoms with Gasteiger partial charge in [0.1, 0.15) is 0 Å². The Balaban J connectivity index is 1.82. The molecule has 0 aromatic heterocycles. The van der Waals surface area contributed by atoms with Crippen molar-refractivity contribution in [2.75, 3.05) is 33.2 Å². The van der Waals surface area contributed by atoms with Crippen molar-refractivity contribution < 1.29 is 4.79 Å². The standard InChI is InChI=1S/C18H34N4O/c1-5-16(22-10-6-7-17(22)23)8-9-20-18(19-4)21-12-14(2)11-15(3)13-21/h14-16H,5-13H2,1-4H3,(H,19,20). The summed E-state index contributed by atoms with van der Waals surface area (Å²) in [7, 11) is 1.87. The van der Waals surface area contributed by atoms with E-state index in [0.717, 1.165) is 69.7 Å². The second kappa shape index (κ2) is 8.55. The van der Waals surface area contributed by atoms with Gasteiger partial charge in [0.2, 0.25) is 5.91 Å². The molecule has 0 aromatic rings. The van der Waals surface area contributed by atoms with Crippen molar-refractivity contribution in [1.29, 1.82) is 0 Å². The van der Waals surface area contributed by atoms with Crippen LogP contribution in [0.25, 0.3) is 0 Å². The Morgan fingerprint density at radius 2 is 2.04 bits per heavy atom. The fourth-order valence-electron chi connectivity index (χ4n) is 4.15. The lowest BCUT2D eigenvalue weighted by molar-refractivity contribution is -0.129. The minimum Gasteiger partial charge on any atom is -0.356 e. The molecule has 132 valence electrons. The molecule has 2 saturated heterocycles. The Morgan fingerprint density at radius 1 is 1.35 bits per heavy atom. The van der Waals surface area contributed by atoms with Crippen LogP contribution in [0.1, 0.15) is 52.9 Å². The van der Waals surface area contributed by atoms with Gasteiger partial charge >= 0.3 is 0 Å². The van der Waals surface area contributed by atoms with Crippen LogP contribution in [0.5, 0.6) is 0 Å². The summed E-state index contributed by atoms with van der Waals surface area (Å²) >= 11 is 0. The molecule has 0 bridgehead atoms. The number of amides is 1. The summed E-state index contributed by atoms with van der Waals surface area (Å²) in [5.74, 6) is 2.80. The first kappa shape index (κ1) is 18.1. The Labute approximate surface area is 141 Å². The normalized spacial score (nSPS) is 27.5. The molecule has 2 aliphatic heterocycles. The van der Waals surface area contributed by atoms with Crippen molar-refractivity contribution in [2.45, 2.75) is 58.9 Å². The van der Waals surface area contributed by atoms with Crippen LogP contribution < -0.4 is 5.32 Å². The number of nitrogens with one attached hydrogen (secondary N) is 1. The summed E-state index contributed by atoms with van der Waals surface area (Å²) < 4.78 is 0. The van der Waals surface area contributed by atoms with E-state index in [4.69, 9.17) is 0 Å². The summed E-state index contributed by atoms with van der Waals surface area (Å²) in [6.45, 7) is 10.8. The predicted molar refractivity (Wildman–Crippen MR) is 95.5 cm³/mol. The van der Waals surface area contributed by atoms with Crippen LogP contribution in [0, 0.1) is 11.8 Å². The predicted octanol–water partition coefficient (Wildman–Crippen LogP) is 2.33. The number of likely N-dealkylation sites (tertiary alicyclic amines) is 2. The van der Waals surface area contributed by atoms with E-state index in [9.17, 15) is 4.79 Å². The van der Waals surface area contributed by atoms with Gasteiger partial charge in [0.15, 0.2) is 5.96 Å². The molecule has 2 heterocycles. The van der Waals surface area contributed by atoms with Gasteiger partial charge in [-0.25, -0.2) is 0 Å². The van der Waals surface area contributed by atoms with Gasteiger partial charge in [-0.05, 0) is 37.5 Å². The molecular weight excluding hydrogens is 288 g/mol. The van der Waals surface area contributed by atoms with E-state index in [1.165, 1.54) is 6.42 Å². The van der Waals surface area contributed by atoms with Crippen LogP contribution in [0.4, 0.5) is 0 Å². The zero-order valence-electron chi connectivity index (χ0n) is 15.3. The highest BCUT2D eigenvalue weighted by molar-refractivity contribution is 5.80. The molecule has 5 nitrogen and oxygen atoms in total. The maximum Gasteiger partial charge on any atom is 0.222 e. The monoisotopic (exact) mass is 322 g/mol. The molecule has 0 saturated carbocycles. The zero-order valence-corrected chi connectivity index (χ0v) is 15.3. The molecule has 0 aliphatic carbocycles. The average Bonchev–Trinajstić information content (AvgIpc) is 2.92. The lowest BCUT2D eigenvalue weighted by Gasteiger charge is -2.37. The van der Waals surface area contributed by atoms with Crippen LogP contribution in [0.15, 0.2) is 4.99 Å². The Kier molecular flexibility index (Phi) is 6.72. The van der Waals surface area contributed by atoms with E-state index < -0.39 is 0 Å². The smallest absolute Gasteiger partial charge is 0.222 e. The number of piperidine rings is 1. The van der Waals surface area contributed by atoms with Crippen LogP contribution in [0.2, 0.25) is 0 Å². The largest absolute Gasteiger partial charge is 0.356 e. The molecule has 2 aliphatic rings. The Morgan fingerprint density at radius 3 is 2.57 bits per heavy atom. The number of hydrogen-bond acceptors (Lipinski definition) is 2. The van der Waals surface area contributed by atoms with Crippen molar-refractivity contribution in [3.8, 4) is 0 Å². The third kappa shape index (κ3) is 4.85. The molecule has 1 N–H and O–H groups in total. The van der Waals surface area contributed by atoms with Gasteiger partial charge in [0, 0.05) is 45.7 Å². The molecule has 0 aromatic carbocycles. The van der Waals surface area contributed by atoms with E-state index >= 15 is 0 Å². The van der Waals surface area contributed by atoms with E-state index in [0.29, 0.717) is 11.9 Å². The van der Waals surface area contributed by atoms with E-state index in [-0.39, 0.29) is 0 Å². The minimum atomic E-state index is 0.333. The second-order valence-electron chi connectivity index (χ2n) is 7.37. The molecule has 2 rings (SSSR count). The number of carbonyl (C=O) groups excluding carboxylic acids is 1. The number of guanidine groups is 1. The lowest BCUT2D eigenvalue weighted by atomic mass is 9.92. The van der Waals surface area contributed by atoms with E-state index in [1.807, 2.05) is 7.05 Å². The van der Waals surface area contributed by atoms with Crippen molar-refractivity contribution in [1.82, 2.24) is 15.1 Å². The summed E-state index contributed by atoms with van der Waals surface area (Å²) in [5, 5.41) is 3.52. The highest BCUT2D eigenvalue weighted by Crippen LogP contribution is 2.21. The third-order valence-electron chi connectivity index (χ3n) is 5.16. The molecule has 2 fully saturated rings. The summed E-state index contributed by atoms with van der Waals surface area (Å²) in [4.78, 5) is 20.9. The van der Waals surface area contributed by atoms with Crippen molar-refractivity contribution in [3.63, 3.8) is 0 Å². The summed E-state index contributed by atoms with van der Waals surface area (Å²) in [6.07, 6.45) is 5.09. The number of rotatable bonds is 5. The fraction of sp³-hybridized carbons (Fsp3) is 0.889. The molecule has 3 atom stereocenters. The molecule has 23 heavy (non-hydrogen) atoms. The Hall–Kier alpha value is -1.26. The fourth-order valence-corrected chi connectivity index (χ4v) is 4.15. The first-order valence-corrected chi connectivity index (χ1v) is 9.30. The third-order valence-corrected chi connectivity index (χ3v) is 5.16. The van der Waals surface area contributed by atoms with Gasteiger partial charge in [0.25, 0.3) is 0 Å². The Bertz CT molecular complexity index is 413. The van der Waals surface area contributed by atoms with Crippen molar-refractivity contribution in [2.24, 2.45) is 16.8 Å². The molecule has 1 amide bonds. The number of carbonyl (C=O) groups is 1. The van der Waals surface area contributed by atoms with Gasteiger partial charge in [-0.3, -0.25) is 9.79 Å². The molecular formula is C18H34N4O. The van der Waals surface area contributed by atoms with Gasteiger partial charge in [0.05, 0.1) is 0 Å². The highest BCUT2D eigenvalue weighted by atomic mass is 16.2. The minimum absolute atomic E-state index is 0.333. The van der Waals surface area contributed by atoms with Crippen LogP contribution >= 0.6 is 0 Å². The zero-order chi connectivity index (χ0) is 16.8. The van der Waals surface area contributed by atoms with Gasteiger partial charge in [-0.2, -0.15) is 0 Å². The van der Waals surface area contributed by atoms with Crippen LogP contribution in [0.3, 0.4) is 0 Å². The maximum atomic E-state index is 11.9. The maximum absolute atomic E-state index is 11.9. The number of hydrogen-bond donors (Lipinski definition) is 1. The summed E-state index contributed by atoms with van der Waals surface area (Å²) in [5.41, 5.74) is 0. The van der Waals surface area contributed by atoms with Gasteiger partial charge in [-0.1, -0.05) is 20.8 Å². The van der Waals surface area contributed by atoms with Crippen LogP contribution in [-0.2, 0) is 4.79 Å². The van der Waals surface area contributed by atoms with E-state index in [1.54, 1.807) is 0 Å². The lowest BCUT2D eigenvalue weighted by Crippen LogP contribution is -2.49. The van der Waals surface area contributed by atoms with E-state index in [2.05, 4.69) is 40.9 Å². The second-order valence-corrected chi connectivity index (χ2v) is 7.37. The molecule has 3 unspecified atom stereocenters. The first-order chi connectivity index (χ1) is 11.0. The quantitative estimate of drug-likeness (QED) is 0.624. The number of nitrogens with zero attached hydrogens (tertiary/aromatic N) is 3. The van der Waals surface area contributed by atoms with Gasteiger partial charge < -0.3 is 15.1 Å². The highest BCUT2D eigenvalue weighted by Gasteiger charge is 2.27. The van der Waals surface area contributed by atoms with Crippen molar-refractivity contribution in [3.05, 3.63) is 0 Å². The molecule has 5 heteroatoms. The average molecular weight is 322 g/mol.